The van der Waals surface area contributed by atoms with E-state index in [4.69, 9.17) is 9.47 Å². The fraction of sp³-hybridized carbons (Fsp3) is 0.118. The van der Waals surface area contributed by atoms with Crippen molar-refractivity contribution in [2.45, 2.75) is 4.34 Å². The monoisotopic (exact) mass is 387 g/mol. The van der Waals surface area contributed by atoms with Crippen LogP contribution in [-0.2, 0) is 4.79 Å². The number of ether oxygens (including phenoxy) is 2. The number of hydrogen-bond acceptors (Lipinski definition) is 7. The summed E-state index contributed by atoms with van der Waals surface area (Å²) in [5.74, 6) is 0.513. The Morgan fingerprint density at radius 2 is 1.96 bits per heavy atom. The Morgan fingerprint density at radius 1 is 1.12 bits per heavy atom. The number of nitrogens with zero attached hydrogens (tertiary/aromatic N) is 1. The van der Waals surface area contributed by atoms with E-state index in [1.54, 1.807) is 18.2 Å². The number of hydrazine groups is 1. The first kappa shape index (κ1) is 16.7. The van der Waals surface area contributed by atoms with Gasteiger partial charge in [0.25, 0.3) is 5.91 Å². The molecule has 2 amide bonds. The second kappa shape index (κ2) is 7.22. The van der Waals surface area contributed by atoms with Gasteiger partial charge in [-0.25, -0.2) is 4.98 Å². The first-order chi connectivity index (χ1) is 12.7. The Morgan fingerprint density at radius 3 is 2.85 bits per heavy atom. The molecule has 0 unspecified atom stereocenters. The number of fused-ring (bicyclic) bond motifs is 2. The van der Waals surface area contributed by atoms with E-state index in [0.717, 1.165) is 14.6 Å². The molecule has 0 saturated heterocycles. The highest BCUT2D eigenvalue weighted by atomic mass is 32.2. The maximum Gasteiger partial charge on any atom is 0.269 e. The molecule has 4 rings (SSSR count). The summed E-state index contributed by atoms with van der Waals surface area (Å²) in [6, 6.07) is 12.6. The van der Waals surface area contributed by atoms with Crippen molar-refractivity contribution in [3.05, 3.63) is 48.0 Å². The molecule has 0 bridgehead atoms. The normalized spacial score (nSPS) is 12.2. The van der Waals surface area contributed by atoms with Gasteiger partial charge in [0.05, 0.1) is 16.0 Å². The minimum Gasteiger partial charge on any atom is -0.454 e. The number of carbonyl (C=O) groups excluding carboxylic acids is 2. The van der Waals surface area contributed by atoms with Crippen molar-refractivity contribution in [2.24, 2.45) is 0 Å². The fourth-order valence-electron chi connectivity index (χ4n) is 2.31. The number of nitrogens with one attached hydrogen (secondary N) is 2. The Hall–Kier alpha value is -2.78. The second-order valence-corrected chi connectivity index (χ2v) is 7.56. The van der Waals surface area contributed by atoms with E-state index in [-0.39, 0.29) is 18.5 Å². The number of amides is 2. The summed E-state index contributed by atoms with van der Waals surface area (Å²) in [4.78, 5) is 28.5. The lowest BCUT2D eigenvalue weighted by Gasteiger charge is -2.07. The van der Waals surface area contributed by atoms with Crippen LogP contribution in [0.3, 0.4) is 0 Å². The van der Waals surface area contributed by atoms with Crippen molar-refractivity contribution in [3.63, 3.8) is 0 Å². The Bertz CT molecular complexity index is 956. The maximum absolute atomic E-state index is 12.1. The smallest absolute Gasteiger partial charge is 0.269 e. The number of hydrogen-bond donors (Lipinski definition) is 2. The molecule has 26 heavy (non-hydrogen) atoms. The molecule has 1 aliphatic heterocycles. The van der Waals surface area contributed by atoms with Crippen LogP contribution in [0.5, 0.6) is 11.5 Å². The first-order valence-electron chi connectivity index (χ1n) is 7.66. The second-order valence-electron chi connectivity index (χ2n) is 5.31. The van der Waals surface area contributed by atoms with Crippen LogP contribution >= 0.6 is 23.1 Å². The van der Waals surface area contributed by atoms with Crippen LogP contribution in [0.2, 0.25) is 0 Å². The van der Waals surface area contributed by atoms with Crippen molar-refractivity contribution in [1.82, 2.24) is 15.8 Å². The zero-order valence-electron chi connectivity index (χ0n) is 13.4. The van der Waals surface area contributed by atoms with Crippen LogP contribution in [0.25, 0.3) is 10.2 Å². The van der Waals surface area contributed by atoms with Crippen LogP contribution < -0.4 is 20.3 Å². The third-order valence-electron chi connectivity index (χ3n) is 3.55. The molecule has 0 aliphatic carbocycles. The molecule has 2 N–H and O–H groups in total. The molecular formula is C17H13N3O4S2. The van der Waals surface area contributed by atoms with Crippen LogP contribution in [0.1, 0.15) is 10.4 Å². The molecule has 132 valence electrons. The summed E-state index contributed by atoms with van der Waals surface area (Å²) < 4.78 is 12.3. The van der Waals surface area contributed by atoms with Gasteiger partial charge >= 0.3 is 0 Å². The lowest BCUT2D eigenvalue weighted by Crippen LogP contribution is -2.42. The summed E-state index contributed by atoms with van der Waals surface area (Å²) in [6.07, 6.45) is 0. The highest BCUT2D eigenvalue weighted by Gasteiger charge is 2.16. The average Bonchev–Trinajstić information content (AvgIpc) is 3.29. The van der Waals surface area contributed by atoms with Crippen molar-refractivity contribution in [2.75, 3.05) is 12.5 Å². The van der Waals surface area contributed by atoms with Crippen molar-refractivity contribution in [1.29, 1.82) is 0 Å². The zero-order chi connectivity index (χ0) is 17.9. The van der Waals surface area contributed by atoms with E-state index < -0.39 is 5.91 Å². The number of aromatic nitrogens is 1. The SMILES string of the molecule is O=C(CSc1nc2ccccc2s1)NNC(=O)c1ccc2c(c1)OCO2. The predicted octanol–water partition coefficient (Wildman–Crippen LogP) is 2.58. The van der Waals surface area contributed by atoms with E-state index in [0.29, 0.717) is 17.1 Å². The number of thioether (sulfide) groups is 1. The van der Waals surface area contributed by atoms with Gasteiger partial charge in [0.15, 0.2) is 15.8 Å². The molecule has 2 aromatic carbocycles. The average molecular weight is 387 g/mol. The summed E-state index contributed by atoms with van der Waals surface area (Å²) in [6.45, 7) is 0.139. The molecule has 9 heteroatoms. The molecule has 0 atom stereocenters. The third-order valence-corrected chi connectivity index (χ3v) is 5.73. The van der Waals surface area contributed by atoms with Gasteiger partial charge in [0.2, 0.25) is 12.7 Å². The minimum atomic E-state index is -0.429. The molecule has 0 saturated carbocycles. The van der Waals surface area contributed by atoms with E-state index in [1.807, 2.05) is 24.3 Å². The molecule has 1 aromatic heterocycles. The molecular weight excluding hydrogens is 374 g/mol. The summed E-state index contributed by atoms with van der Waals surface area (Å²) >= 11 is 2.86. The lowest BCUT2D eigenvalue weighted by atomic mass is 10.2. The molecule has 0 fully saturated rings. The zero-order valence-corrected chi connectivity index (χ0v) is 15.0. The highest BCUT2D eigenvalue weighted by Crippen LogP contribution is 2.32. The lowest BCUT2D eigenvalue weighted by molar-refractivity contribution is -0.119. The molecule has 7 nitrogen and oxygen atoms in total. The molecule has 1 aliphatic rings. The van der Waals surface area contributed by atoms with Crippen LogP contribution in [-0.4, -0.2) is 29.3 Å². The topological polar surface area (TPSA) is 89.6 Å². The standard InChI is InChI=1S/C17H13N3O4S2/c21-15(8-25-17-18-11-3-1-2-4-14(11)26-17)19-20-16(22)10-5-6-12-13(7-10)24-9-23-12/h1-7H,8-9H2,(H,19,21)(H,20,22). The molecule has 2 heterocycles. The summed E-state index contributed by atoms with van der Waals surface area (Å²) in [7, 11) is 0. The highest BCUT2D eigenvalue weighted by molar-refractivity contribution is 8.01. The van der Waals surface area contributed by atoms with Gasteiger partial charge in [0, 0.05) is 5.56 Å². The van der Waals surface area contributed by atoms with E-state index in [1.165, 1.54) is 23.1 Å². The number of benzene rings is 2. The van der Waals surface area contributed by atoms with Crippen molar-refractivity contribution >= 4 is 45.1 Å². The predicted molar refractivity (Wildman–Crippen MR) is 98.5 cm³/mol. The van der Waals surface area contributed by atoms with Gasteiger partial charge in [-0.05, 0) is 30.3 Å². The number of carbonyl (C=O) groups is 2. The fourth-order valence-corrected chi connectivity index (χ4v) is 4.18. The van der Waals surface area contributed by atoms with Gasteiger partial charge in [-0.15, -0.1) is 11.3 Å². The maximum atomic E-state index is 12.1. The molecule has 3 aromatic rings. The largest absolute Gasteiger partial charge is 0.454 e. The molecule has 0 spiro atoms. The van der Waals surface area contributed by atoms with Gasteiger partial charge in [0.1, 0.15) is 0 Å². The van der Waals surface area contributed by atoms with E-state index in [2.05, 4.69) is 15.8 Å². The summed E-state index contributed by atoms with van der Waals surface area (Å²) in [5, 5.41) is 0. The van der Waals surface area contributed by atoms with Gasteiger partial charge in [-0.1, -0.05) is 23.9 Å². The number of thiazole rings is 1. The van der Waals surface area contributed by atoms with E-state index >= 15 is 0 Å². The summed E-state index contributed by atoms with van der Waals surface area (Å²) in [5.41, 5.74) is 6.07. The van der Waals surface area contributed by atoms with Crippen molar-refractivity contribution < 1.29 is 19.1 Å². The number of rotatable bonds is 4. The minimum absolute atomic E-state index is 0.139. The van der Waals surface area contributed by atoms with Crippen LogP contribution in [0.4, 0.5) is 0 Å². The first-order valence-corrected chi connectivity index (χ1v) is 9.46. The van der Waals surface area contributed by atoms with Gasteiger partial charge < -0.3 is 9.47 Å². The third kappa shape index (κ3) is 3.58. The quantitative estimate of drug-likeness (QED) is 0.528. The van der Waals surface area contributed by atoms with Gasteiger partial charge in [-0.2, -0.15) is 0 Å². The number of para-hydroxylation sites is 1. The van der Waals surface area contributed by atoms with Crippen molar-refractivity contribution in [3.8, 4) is 11.5 Å². The van der Waals surface area contributed by atoms with Crippen LogP contribution in [0.15, 0.2) is 46.8 Å². The van der Waals surface area contributed by atoms with Gasteiger partial charge in [-0.3, -0.25) is 20.4 Å². The van der Waals surface area contributed by atoms with Crippen LogP contribution in [0, 0.1) is 0 Å². The van der Waals surface area contributed by atoms with E-state index in [9.17, 15) is 9.59 Å². The Kier molecular flexibility index (Phi) is 4.63. The Labute approximate surface area is 156 Å². The molecule has 0 radical (unpaired) electrons. The Balaban J connectivity index is 1.29.